The summed E-state index contributed by atoms with van der Waals surface area (Å²) in [5.41, 5.74) is 0. The van der Waals surface area contributed by atoms with E-state index in [0.717, 1.165) is 16.9 Å². The van der Waals surface area contributed by atoms with Gasteiger partial charge in [-0.05, 0) is 25.7 Å². The van der Waals surface area contributed by atoms with Gasteiger partial charge in [-0.25, -0.2) is 0 Å². The van der Waals surface area contributed by atoms with Crippen LogP contribution in [0.15, 0.2) is 0 Å². The Morgan fingerprint density at radius 2 is 2.31 bits per heavy atom. The van der Waals surface area contributed by atoms with Crippen molar-refractivity contribution in [3.05, 3.63) is 0 Å². The van der Waals surface area contributed by atoms with E-state index in [2.05, 4.69) is 13.0 Å². The van der Waals surface area contributed by atoms with Gasteiger partial charge in [-0.1, -0.05) is 19.8 Å². The molecule has 0 spiro atoms. The molecule has 0 amide bonds. The van der Waals surface area contributed by atoms with Gasteiger partial charge in [-0.2, -0.15) is 17.0 Å². The fourth-order valence-corrected chi connectivity index (χ4v) is 3.28. The first-order valence-corrected chi connectivity index (χ1v) is 6.28. The highest BCUT2D eigenvalue weighted by Gasteiger charge is 2.19. The minimum Gasteiger partial charge on any atom is -0.198 e. The molecule has 0 aromatic heterocycles. The van der Waals surface area contributed by atoms with E-state index in [1.807, 2.05) is 18.7 Å². The summed E-state index contributed by atoms with van der Waals surface area (Å²) in [4.78, 5) is 0. The van der Waals surface area contributed by atoms with Crippen molar-refractivity contribution in [1.29, 1.82) is 5.26 Å². The van der Waals surface area contributed by atoms with Gasteiger partial charge in [0.1, 0.15) is 0 Å². The van der Waals surface area contributed by atoms with Crippen LogP contribution in [-0.4, -0.2) is 11.0 Å². The van der Waals surface area contributed by atoms with Crippen LogP contribution in [-0.2, 0) is 0 Å². The summed E-state index contributed by atoms with van der Waals surface area (Å²) in [6.07, 6.45) is 5.53. The zero-order chi connectivity index (χ0) is 9.68. The summed E-state index contributed by atoms with van der Waals surface area (Å²) in [7, 11) is 0. The van der Waals surface area contributed by atoms with Gasteiger partial charge in [0.05, 0.1) is 12.0 Å². The normalized spacial score (nSPS) is 30.8. The van der Waals surface area contributed by atoms with Gasteiger partial charge < -0.3 is 0 Å². The lowest BCUT2D eigenvalue weighted by Gasteiger charge is -2.26. The van der Waals surface area contributed by atoms with Crippen LogP contribution in [0.4, 0.5) is 0 Å². The highest BCUT2D eigenvalue weighted by molar-refractivity contribution is 7.99. The van der Waals surface area contributed by atoms with Gasteiger partial charge >= 0.3 is 0 Å². The molecule has 74 valence electrons. The SMILES string of the molecule is CC(C#N)CSC1CCCC(C)C1. The summed E-state index contributed by atoms with van der Waals surface area (Å²) in [6, 6.07) is 2.29. The van der Waals surface area contributed by atoms with E-state index in [1.165, 1.54) is 25.7 Å². The van der Waals surface area contributed by atoms with E-state index in [0.29, 0.717) is 0 Å². The summed E-state index contributed by atoms with van der Waals surface area (Å²) in [5, 5.41) is 9.49. The van der Waals surface area contributed by atoms with Crippen molar-refractivity contribution < 1.29 is 0 Å². The summed E-state index contributed by atoms with van der Waals surface area (Å²) >= 11 is 2.01. The van der Waals surface area contributed by atoms with Gasteiger partial charge in [-0.3, -0.25) is 0 Å². The third kappa shape index (κ3) is 4.04. The topological polar surface area (TPSA) is 23.8 Å². The minimum absolute atomic E-state index is 0.224. The third-order valence-electron chi connectivity index (χ3n) is 2.69. The maximum atomic E-state index is 8.65. The Kier molecular flexibility index (Phi) is 4.66. The zero-order valence-corrected chi connectivity index (χ0v) is 9.44. The highest BCUT2D eigenvalue weighted by atomic mass is 32.2. The second-order valence-electron chi connectivity index (χ2n) is 4.26. The molecule has 0 saturated heterocycles. The van der Waals surface area contributed by atoms with Crippen LogP contribution in [0.2, 0.25) is 0 Å². The minimum atomic E-state index is 0.224. The quantitative estimate of drug-likeness (QED) is 0.692. The second kappa shape index (κ2) is 5.54. The number of nitrogens with zero attached hydrogens (tertiary/aromatic N) is 1. The molecular formula is C11H19NS. The molecule has 0 N–H and O–H groups in total. The molecule has 0 heterocycles. The van der Waals surface area contributed by atoms with Gasteiger partial charge in [0.2, 0.25) is 0 Å². The predicted molar refractivity (Wildman–Crippen MR) is 58.7 cm³/mol. The van der Waals surface area contributed by atoms with Crippen LogP contribution in [0, 0.1) is 23.2 Å². The first kappa shape index (κ1) is 10.9. The second-order valence-corrected chi connectivity index (χ2v) is 5.59. The van der Waals surface area contributed by atoms with Gasteiger partial charge in [0.15, 0.2) is 0 Å². The van der Waals surface area contributed by atoms with Crippen LogP contribution >= 0.6 is 11.8 Å². The molecule has 3 unspecified atom stereocenters. The zero-order valence-electron chi connectivity index (χ0n) is 8.62. The Morgan fingerprint density at radius 1 is 1.54 bits per heavy atom. The summed E-state index contributed by atoms with van der Waals surface area (Å²) < 4.78 is 0. The number of rotatable bonds is 3. The Morgan fingerprint density at radius 3 is 2.92 bits per heavy atom. The van der Waals surface area contributed by atoms with Crippen molar-refractivity contribution in [2.45, 2.75) is 44.8 Å². The maximum absolute atomic E-state index is 8.65. The van der Waals surface area contributed by atoms with Crippen molar-refractivity contribution in [1.82, 2.24) is 0 Å². The molecule has 3 atom stereocenters. The number of hydrogen-bond acceptors (Lipinski definition) is 2. The summed E-state index contributed by atoms with van der Waals surface area (Å²) in [6.45, 7) is 4.36. The molecule has 1 fully saturated rings. The maximum Gasteiger partial charge on any atom is 0.0661 e. The van der Waals surface area contributed by atoms with E-state index < -0.39 is 0 Å². The number of nitriles is 1. The van der Waals surface area contributed by atoms with E-state index in [-0.39, 0.29) is 5.92 Å². The Balaban J connectivity index is 2.17. The molecule has 1 rings (SSSR count). The standard InChI is InChI=1S/C11H19NS/c1-9-4-3-5-11(6-9)13-8-10(2)7-12/h9-11H,3-6,8H2,1-2H3. The van der Waals surface area contributed by atoms with Crippen molar-refractivity contribution >= 4 is 11.8 Å². The average molecular weight is 197 g/mol. The lowest BCUT2D eigenvalue weighted by Crippen LogP contribution is -2.16. The van der Waals surface area contributed by atoms with Crippen molar-refractivity contribution in [3.8, 4) is 6.07 Å². The van der Waals surface area contributed by atoms with Crippen LogP contribution in [0.1, 0.15) is 39.5 Å². The average Bonchev–Trinajstić information content (AvgIpc) is 2.14. The molecule has 0 aromatic rings. The highest BCUT2D eigenvalue weighted by Crippen LogP contribution is 2.32. The van der Waals surface area contributed by atoms with Crippen molar-refractivity contribution in [2.24, 2.45) is 11.8 Å². The van der Waals surface area contributed by atoms with E-state index in [9.17, 15) is 0 Å². The van der Waals surface area contributed by atoms with E-state index in [1.54, 1.807) is 0 Å². The van der Waals surface area contributed by atoms with Crippen LogP contribution in [0.5, 0.6) is 0 Å². The van der Waals surface area contributed by atoms with E-state index in [4.69, 9.17) is 5.26 Å². The summed E-state index contributed by atoms with van der Waals surface area (Å²) in [5.74, 6) is 2.15. The monoisotopic (exact) mass is 197 g/mol. The molecule has 2 heteroatoms. The fourth-order valence-electron chi connectivity index (χ4n) is 1.85. The molecule has 1 aliphatic rings. The van der Waals surface area contributed by atoms with Crippen molar-refractivity contribution in [3.63, 3.8) is 0 Å². The predicted octanol–water partition coefficient (Wildman–Crippen LogP) is 3.46. The number of hydrogen-bond donors (Lipinski definition) is 0. The smallest absolute Gasteiger partial charge is 0.0661 e. The Hall–Kier alpha value is -0.160. The molecule has 0 aromatic carbocycles. The molecule has 1 nitrogen and oxygen atoms in total. The van der Waals surface area contributed by atoms with Gasteiger partial charge in [-0.15, -0.1) is 0 Å². The van der Waals surface area contributed by atoms with Crippen LogP contribution in [0.3, 0.4) is 0 Å². The molecule has 1 aliphatic carbocycles. The molecule has 0 radical (unpaired) electrons. The molecular weight excluding hydrogens is 178 g/mol. The molecule has 0 aliphatic heterocycles. The molecule has 1 saturated carbocycles. The Bertz CT molecular complexity index is 185. The van der Waals surface area contributed by atoms with Gasteiger partial charge in [0, 0.05) is 11.0 Å². The lowest BCUT2D eigenvalue weighted by molar-refractivity contribution is 0.394. The lowest BCUT2D eigenvalue weighted by atomic mass is 9.91. The van der Waals surface area contributed by atoms with Crippen molar-refractivity contribution in [2.75, 3.05) is 5.75 Å². The van der Waals surface area contributed by atoms with Gasteiger partial charge in [0.25, 0.3) is 0 Å². The van der Waals surface area contributed by atoms with E-state index >= 15 is 0 Å². The third-order valence-corrected chi connectivity index (χ3v) is 4.28. The fraction of sp³-hybridized carbons (Fsp3) is 0.909. The molecule has 0 bridgehead atoms. The number of thioether (sulfide) groups is 1. The first-order valence-electron chi connectivity index (χ1n) is 5.23. The molecule has 13 heavy (non-hydrogen) atoms. The van der Waals surface area contributed by atoms with Crippen LogP contribution in [0.25, 0.3) is 0 Å². The first-order chi connectivity index (χ1) is 6.22. The Labute approximate surface area is 85.9 Å². The largest absolute Gasteiger partial charge is 0.198 e. The van der Waals surface area contributed by atoms with Crippen LogP contribution < -0.4 is 0 Å².